The molecule has 0 aromatic carbocycles. The summed E-state index contributed by atoms with van der Waals surface area (Å²) in [6.45, 7) is 5.01. The van der Waals surface area contributed by atoms with E-state index in [0.29, 0.717) is 28.8 Å². The molecule has 5 N–H and O–H groups in total. The summed E-state index contributed by atoms with van der Waals surface area (Å²) in [5, 5.41) is 32.7. The van der Waals surface area contributed by atoms with Crippen LogP contribution in [0.1, 0.15) is 51.4 Å². The van der Waals surface area contributed by atoms with Crippen molar-refractivity contribution < 1.29 is 19.4 Å². The van der Waals surface area contributed by atoms with Crippen LogP contribution in [0.4, 0.5) is 15.0 Å². The standard InChI is InChI=1S/C22H27FN8O3/c1-10(11-6-5-7-11)26-17-15-18(29-19(28-17)16(24)27-21(32)33)30-20(31(15)4)14-8-12(22(2,3)34)13(23)9-25-14/h8-11,34H,5-7H2,1-4H3,(H2,24,27)(H,32,33)(H,26,28,29)/t10-/m1/s1. The maximum atomic E-state index is 14.3. The van der Waals surface area contributed by atoms with Crippen LogP contribution in [-0.2, 0) is 12.6 Å². The highest BCUT2D eigenvalue weighted by Crippen LogP contribution is 2.33. The summed E-state index contributed by atoms with van der Waals surface area (Å²) < 4.78 is 16.0. The van der Waals surface area contributed by atoms with Crippen LogP contribution >= 0.6 is 0 Å². The van der Waals surface area contributed by atoms with E-state index in [1.165, 1.54) is 26.3 Å². The van der Waals surface area contributed by atoms with Gasteiger partial charge >= 0.3 is 6.09 Å². The molecule has 0 aliphatic heterocycles. The summed E-state index contributed by atoms with van der Waals surface area (Å²) >= 11 is 0. The van der Waals surface area contributed by atoms with E-state index in [4.69, 9.17) is 10.5 Å². The van der Waals surface area contributed by atoms with Crippen molar-refractivity contribution in [3.05, 3.63) is 29.5 Å². The number of hydrogen-bond donors (Lipinski definition) is 5. The monoisotopic (exact) mass is 470 g/mol. The molecule has 1 saturated carbocycles. The van der Waals surface area contributed by atoms with Gasteiger partial charge in [0.15, 0.2) is 28.9 Å². The minimum atomic E-state index is -1.43. The molecule has 180 valence electrons. The first-order valence-electron chi connectivity index (χ1n) is 10.9. The summed E-state index contributed by atoms with van der Waals surface area (Å²) in [4.78, 5) is 28.4. The van der Waals surface area contributed by atoms with E-state index in [-0.39, 0.29) is 23.1 Å². The maximum absolute atomic E-state index is 14.3. The van der Waals surface area contributed by atoms with E-state index in [1.807, 2.05) is 12.2 Å². The van der Waals surface area contributed by atoms with Crippen LogP contribution in [0.3, 0.4) is 0 Å². The lowest BCUT2D eigenvalue weighted by atomic mass is 9.80. The molecule has 11 nitrogen and oxygen atoms in total. The molecule has 0 radical (unpaired) electrons. The van der Waals surface area contributed by atoms with Crippen LogP contribution in [0.5, 0.6) is 0 Å². The van der Waals surface area contributed by atoms with Crippen molar-refractivity contribution in [1.82, 2.24) is 29.8 Å². The van der Waals surface area contributed by atoms with Gasteiger partial charge in [0.2, 0.25) is 0 Å². The van der Waals surface area contributed by atoms with Gasteiger partial charge in [0.05, 0.1) is 11.8 Å². The van der Waals surface area contributed by atoms with E-state index in [9.17, 15) is 14.3 Å². The Bertz CT molecular complexity index is 1280. The number of aliphatic hydroxyl groups is 1. The Kier molecular flexibility index (Phi) is 5.94. The highest BCUT2D eigenvalue weighted by molar-refractivity contribution is 6.03. The number of fused-ring (bicyclic) bond motifs is 1. The molecule has 1 fully saturated rings. The highest BCUT2D eigenvalue weighted by Gasteiger charge is 2.28. The fourth-order valence-electron chi connectivity index (χ4n) is 4.02. The molecule has 0 spiro atoms. The summed E-state index contributed by atoms with van der Waals surface area (Å²) in [5.41, 5.74) is -0.289. The number of hydrogen-bond acceptors (Lipinski definition) is 8. The van der Waals surface area contributed by atoms with Crippen molar-refractivity contribution in [3.8, 4) is 11.5 Å². The first-order valence-corrected chi connectivity index (χ1v) is 10.9. The number of amides is 1. The van der Waals surface area contributed by atoms with E-state index in [2.05, 4.69) is 25.3 Å². The van der Waals surface area contributed by atoms with Gasteiger partial charge in [0.25, 0.3) is 0 Å². The third kappa shape index (κ3) is 4.40. The summed E-state index contributed by atoms with van der Waals surface area (Å²) in [5.74, 6) is -0.0171. The third-order valence-electron chi connectivity index (χ3n) is 6.15. The van der Waals surface area contributed by atoms with Gasteiger partial charge in [-0.3, -0.25) is 10.7 Å². The minimum Gasteiger partial charge on any atom is -0.465 e. The van der Waals surface area contributed by atoms with Crippen LogP contribution < -0.4 is 10.6 Å². The molecule has 12 heteroatoms. The number of amidine groups is 1. The van der Waals surface area contributed by atoms with Crippen LogP contribution in [0.25, 0.3) is 22.7 Å². The predicted octanol–water partition coefficient (Wildman–Crippen LogP) is 2.99. The number of pyridine rings is 1. The maximum Gasteiger partial charge on any atom is 0.410 e. The molecule has 0 bridgehead atoms. The van der Waals surface area contributed by atoms with Gasteiger partial charge in [-0.2, -0.15) is 0 Å². The molecule has 4 rings (SSSR count). The van der Waals surface area contributed by atoms with Crippen LogP contribution in [-0.4, -0.2) is 52.7 Å². The Morgan fingerprint density at radius 3 is 2.62 bits per heavy atom. The zero-order valence-electron chi connectivity index (χ0n) is 19.3. The number of nitrogens with one attached hydrogen (secondary N) is 3. The van der Waals surface area contributed by atoms with Crippen LogP contribution in [0, 0.1) is 17.1 Å². The average Bonchev–Trinajstić information content (AvgIpc) is 3.02. The Hall–Kier alpha value is -3.67. The topological polar surface area (TPSA) is 162 Å². The Morgan fingerprint density at radius 2 is 2.03 bits per heavy atom. The van der Waals surface area contributed by atoms with Crippen molar-refractivity contribution in [1.29, 1.82) is 5.41 Å². The predicted molar refractivity (Wildman–Crippen MR) is 123 cm³/mol. The van der Waals surface area contributed by atoms with E-state index < -0.39 is 23.3 Å². The third-order valence-corrected chi connectivity index (χ3v) is 6.15. The van der Waals surface area contributed by atoms with Crippen molar-refractivity contribution >= 4 is 28.9 Å². The fourth-order valence-corrected chi connectivity index (χ4v) is 4.02. The second-order valence-electron chi connectivity index (χ2n) is 9.10. The largest absolute Gasteiger partial charge is 0.465 e. The van der Waals surface area contributed by atoms with Gasteiger partial charge in [0.1, 0.15) is 17.0 Å². The molecule has 3 aromatic heterocycles. The number of rotatable bonds is 6. The van der Waals surface area contributed by atoms with E-state index in [1.54, 1.807) is 11.6 Å². The molecule has 1 aliphatic carbocycles. The van der Waals surface area contributed by atoms with Gasteiger partial charge in [-0.1, -0.05) is 6.42 Å². The lowest BCUT2D eigenvalue weighted by Gasteiger charge is -2.32. The molecule has 3 heterocycles. The number of carbonyl (C=O) groups is 1. The van der Waals surface area contributed by atoms with Crippen molar-refractivity contribution in [3.63, 3.8) is 0 Å². The minimum absolute atomic E-state index is 0.0701. The Balaban J connectivity index is 1.86. The van der Waals surface area contributed by atoms with Crippen molar-refractivity contribution in [2.75, 3.05) is 5.32 Å². The molecule has 0 unspecified atom stereocenters. The fraction of sp³-hybridized carbons (Fsp3) is 0.455. The molecule has 1 aliphatic rings. The zero-order valence-corrected chi connectivity index (χ0v) is 19.3. The molecule has 1 amide bonds. The highest BCUT2D eigenvalue weighted by atomic mass is 19.1. The molecule has 34 heavy (non-hydrogen) atoms. The Labute approximate surface area is 195 Å². The molecule has 0 saturated heterocycles. The van der Waals surface area contributed by atoms with Crippen molar-refractivity contribution in [2.45, 2.75) is 51.7 Å². The average molecular weight is 471 g/mol. The quantitative estimate of drug-likeness (QED) is 0.271. The smallest absolute Gasteiger partial charge is 0.410 e. The first kappa shape index (κ1) is 23.5. The molecular weight excluding hydrogens is 443 g/mol. The second-order valence-corrected chi connectivity index (χ2v) is 9.10. The number of carboxylic acid groups (broad SMARTS) is 1. The van der Waals surface area contributed by atoms with Crippen LogP contribution in [0.15, 0.2) is 12.3 Å². The lowest BCUT2D eigenvalue weighted by molar-refractivity contribution is 0.0744. The van der Waals surface area contributed by atoms with Gasteiger partial charge in [-0.25, -0.2) is 29.1 Å². The van der Waals surface area contributed by atoms with Crippen molar-refractivity contribution in [2.24, 2.45) is 13.0 Å². The van der Waals surface area contributed by atoms with Crippen LogP contribution in [0.2, 0.25) is 0 Å². The number of anilines is 1. The zero-order chi connectivity index (χ0) is 24.8. The molecule has 3 aromatic rings. The van der Waals surface area contributed by atoms with Gasteiger partial charge in [0, 0.05) is 18.7 Å². The second kappa shape index (κ2) is 8.60. The van der Waals surface area contributed by atoms with E-state index >= 15 is 0 Å². The van der Waals surface area contributed by atoms with Gasteiger partial charge < -0.3 is 20.1 Å². The number of aromatic nitrogens is 5. The van der Waals surface area contributed by atoms with Gasteiger partial charge in [-0.15, -0.1) is 0 Å². The lowest BCUT2D eigenvalue weighted by Crippen LogP contribution is -2.33. The summed E-state index contributed by atoms with van der Waals surface area (Å²) in [6.07, 6.45) is 3.00. The SMILES string of the molecule is C[C@@H](Nc1nc(C(=N)NC(=O)O)nc2nc(-c3cc(C(C)(C)O)c(F)cn3)n(C)c12)C1CCC1. The summed E-state index contributed by atoms with van der Waals surface area (Å²) in [6, 6.07) is 1.52. The Morgan fingerprint density at radius 1 is 1.32 bits per heavy atom. The normalized spacial score (nSPS) is 15.1. The molecular formula is C22H27FN8O3. The van der Waals surface area contributed by atoms with E-state index in [0.717, 1.165) is 19.0 Å². The number of imidazole rings is 1. The number of halogens is 1. The number of aryl methyl sites for hydroxylation is 1. The van der Waals surface area contributed by atoms with Gasteiger partial charge in [-0.05, 0) is 45.6 Å². The molecule has 1 atom stereocenters. The number of nitrogens with zero attached hydrogens (tertiary/aromatic N) is 5. The first-order chi connectivity index (χ1) is 16.0. The summed E-state index contributed by atoms with van der Waals surface area (Å²) in [7, 11) is 1.74.